The molecule has 31 heavy (non-hydrogen) atoms. The molecule has 0 atom stereocenters. The smallest absolute Gasteiger partial charge is 0.407 e. The third-order valence-electron chi connectivity index (χ3n) is 5.92. The van der Waals surface area contributed by atoms with E-state index >= 15 is 0 Å². The molecule has 0 spiro atoms. The molecular weight excluding hydrogens is 418 g/mol. The summed E-state index contributed by atoms with van der Waals surface area (Å²) in [4.78, 5) is 12.6. The van der Waals surface area contributed by atoms with Crippen LogP contribution in [0, 0.1) is 0 Å². The van der Waals surface area contributed by atoms with Crippen molar-refractivity contribution < 1.29 is 23.1 Å². The minimum atomic E-state index is -3.72. The monoisotopic (exact) mass is 447 g/mol. The minimum Gasteiger partial charge on any atom is -0.496 e. The van der Waals surface area contributed by atoms with Crippen molar-refractivity contribution in [3.05, 3.63) is 48.0 Å². The van der Waals surface area contributed by atoms with E-state index in [0.717, 1.165) is 48.1 Å². The van der Waals surface area contributed by atoms with E-state index < -0.39 is 16.1 Å². The maximum absolute atomic E-state index is 11.5. The highest BCUT2D eigenvalue weighted by Gasteiger charge is 2.26. The van der Waals surface area contributed by atoms with Crippen LogP contribution in [-0.4, -0.2) is 50.8 Å². The van der Waals surface area contributed by atoms with Gasteiger partial charge in [0.25, 0.3) is 0 Å². The van der Waals surface area contributed by atoms with E-state index in [9.17, 15) is 13.2 Å². The quantitative estimate of drug-likeness (QED) is 0.600. The fraction of sp³-hybridized carbons (Fsp3) is 0.409. The molecule has 8 nitrogen and oxygen atoms in total. The van der Waals surface area contributed by atoms with Gasteiger partial charge in [0.15, 0.2) is 0 Å². The van der Waals surface area contributed by atoms with E-state index in [2.05, 4.69) is 5.32 Å². The fourth-order valence-corrected chi connectivity index (χ4v) is 4.53. The van der Waals surface area contributed by atoms with Gasteiger partial charge in [0.1, 0.15) is 5.75 Å². The lowest BCUT2D eigenvalue weighted by molar-refractivity contribution is 0.122. The van der Waals surface area contributed by atoms with E-state index in [1.165, 1.54) is 17.0 Å². The number of sulfonamides is 1. The number of ether oxygens (including phenoxy) is 1. The Morgan fingerprint density at radius 1 is 1.13 bits per heavy atom. The van der Waals surface area contributed by atoms with Crippen LogP contribution in [0.15, 0.2) is 47.4 Å². The summed E-state index contributed by atoms with van der Waals surface area (Å²) < 4.78 is 28.4. The third-order valence-corrected chi connectivity index (χ3v) is 6.85. The maximum Gasteiger partial charge on any atom is 0.407 e. The molecule has 1 aliphatic rings. The zero-order valence-electron chi connectivity index (χ0n) is 17.7. The first-order valence-electron chi connectivity index (χ1n) is 10.2. The number of carbonyl (C=O) groups is 1. The first kappa shape index (κ1) is 23.1. The average Bonchev–Trinajstić information content (AvgIpc) is 2.76. The molecule has 0 aromatic heterocycles. The Labute approximate surface area is 183 Å². The van der Waals surface area contributed by atoms with Gasteiger partial charge in [-0.05, 0) is 61.1 Å². The molecule has 2 aromatic carbocycles. The van der Waals surface area contributed by atoms with Gasteiger partial charge in [0.2, 0.25) is 10.0 Å². The highest BCUT2D eigenvalue weighted by Crippen LogP contribution is 2.28. The fourth-order valence-electron chi connectivity index (χ4n) is 4.01. The van der Waals surface area contributed by atoms with E-state index in [1.807, 2.05) is 18.2 Å². The minimum absolute atomic E-state index is 0.0775. The van der Waals surface area contributed by atoms with Crippen LogP contribution in [0.2, 0.25) is 0 Å². The number of carboxylic acid groups (broad SMARTS) is 1. The Hall–Kier alpha value is -2.62. The summed E-state index contributed by atoms with van der Waals surface area (Å²) in [5.74, 6) is 0.775. The van der Waals surface area contributed by atoms with Crippen LogP contribution in [0.25, 0.3) is 11.1 Å². The molecule has 0 unspecified atom stereocenters. The predicted molar refractivity (Wildman–Crippen MR) is 118 cm³/mol. The number of hydrogen-bond acceptors (Lipinski definition) is 5. The van der Waals surface area contributed by atoms with Gasteiger partial charge in [-0.25, -0.2) is 18.4 Å². The normalized spacial score (nSPS) is 19.1. The zero-order valence-corrected chi connectivity index (χ0v) is 18.6. The van der Waals surface area contributed by atoms with Crippen molar-refractivity contribution in [2.24, 2.45) is 5.14 Å². The van der Waals surface area contributed by atoms with E-state index in [4.69, 9.17) is 15.0 Å². The van der Waals surface area contributed by atoms with Crippen LogP contribution < -0.4 is 15.2 Å². The number of hydrogen-bond donors (Lipinski definition) is 3. The molecule has 1 saturated carbocycles. The van der Waals surface area contributed by atoms with E-state index in [-0.39, 0.29) is 10.9 Å². The number of methoxy groups -OCH3 is 1. The van der Waals surface area contributed by atoms with Crippen LogP contribution in [0.4, 0.5) is 4.79 Å². The number of primary sulfonamides is 1. The van der Waals surface area contributed by atoms with Crippen LogP contribution in [-0.2, 0) is 16.6 Å². The Morgan fingerprint density at radius 3 is 2.29 bits per heavy atom. The Morgan fingerprint density at radius 2 is 1.74 bits per heavy atom. The zero-order chi connectivity index (χ0) is 22.6. The predicted octanol–water partition coefficient (Wildman–Crippen LogP) is 3.02. The molecule has 0 saturated heterocycles. The van der Waals surface area contributed by atoms with Crippen molar-refractivity contribution in [1.29, 1.82) is 0 Å². The molecule has 1 fully saturated rings. The molecule has 1 amide bonds. The number of nitrogens with zero attached hydrogens (tertiary/aromatic N) is 1. The van der Waals surface area contributed by atoms with Crippen molar-refractivity contribution in [3.63, 3.8) is 0 Å². The summed E-state index contributed by atoms with van der Waals surface area (Å²) in [6, 6.07) is 12.7. The highest BCUT2D eigenvalue weighted by atomic mass is 32.2. The van der Waals surface area contributed by atoms with Crippen LogP contribution >= 0.6 is 0 Å². The molecular formula is C22H29N3O5S. The number of amides is 1. The van der Waals surface area contributed by atoms with Crippen LogP contribution in [0.1, 0.15) is 31.2 Å². The van der Waals surface area contributed by atoms with Gasteiger partial charge in [0, 0.05) is 31.2 Å². The Balaban J connectivity index is 1.67. The van der Waals surface area contributed by atoms with Crippen molar-refractivity contribution in [2.45, 2.75) is 49.2 Å². The highest BCUT2D eigenvalue weighted by molar-refractivity contribution is 7.89. The summed E-state index contributed by atoms with van der Waals surface area (Å²) in [5.41, 5.74) is 2.83. The molecule has 0 aliphatic heterocycles. The number of benzene rings is 2. The lowest BCUT2D eigenvalue weighted by Gasteiger charge is -2.33. The lowest BCUT2D eigenvalue weighted by Crippen LogP contribution is -2.42. The van der Waals surface area contributed by atoms with E-state index in [0.29, 0.717) is 12.6 Å². The standard InChI is InChI=1S/C22H29N3O5S/c1-25(22(26)27)19-8-6-18(7-9-19)24-14-17-13-16(5-12-21(17)30-2)15-3-10-20(11-4-15)31(23,28)29/h3-5,10-13,18-19,24H,6-9,14H2,1-2H3,(H,26,27)(H2,23,28,29). The van der Waals surface area contributed by atoms with Gasteiger partial charge < -0.3 is 20.1 Å². The van der Waals surface area contributed by atoms with Gasteiger partial charge >= 0.3 is 6.09 Å². The summed E-state index contributed by atoms with van der Waals surface area (Å²) in [7, 11) is -0.459. The Bertz CT molecular complexity index is 1020. The van der Waals surface area contributed by atoms with Gasteiger partial charge in [-0.15, -0.1) is 0 Å². The second-order valence-corrected chi connectivity index (χ2v) is 9.44. The van der Waals surface area contributed by atoms with Crippen molar-refractivity contribution in [2.75, 3.05) is 14.2 Å². The van der Waals surface area contributed by atoms with Gasteiger partial charge in [0.05, 0.1) is 12.0 Å². The maximum atomic E-state index is 11.5. The van der Waals surface area contributed by atoms with Gasteiger partial charge in [-0.1, -0.05) is 18.2 Å². The van der Waals surface area contributed by atoms with Crippen LogP contribution in [0.3, 0.4) is 0 Å². The average molecular weight is 448 g/mol. The SMILES string of the molecule is COc1ccc(-c2ccc(S(N)(=O)=O)cc2)cc1CNC1CCC(N(C)C(=O)O)CC1. The summed E-state index contributed by atoms with van der Waals surface area (Å²) in [5, 5.41) is 17.9. The molecule has 0 heterocycles. The molecule has 2 aromatic rings. The van der Waals surface area contributed by atoms with Gasteiger partial charge in [-0.2, -0.15) is 0 Å². The summed E-state index contributed by atoms with van der Waals surface area (Å²) in [6.45, 7) is 0.621. The molecule has 0 radical (unpaired) electrons. The summed E-state index contributed by atoms with van der Waals surface area (Å²) >= 11 is 0. The first-order chi connectivity index (χ1) is 14.7. The van der Waals surface area contributed by atoms with Crippen molar-refractivity contribution >= 4 is 16.1 Å². The molecule has 168 valence electrons. The van der Waals surface area contributed by atoms with Crippen molar-refractivity contribution in [3.8, 4) is 16.9 Å². The molecule has 9 heteroatoms. The second-order valence-electron chi connectivity index (χ2n) is 7.88. The molecule has 3 rings (SSSR count). The van der Waals surface area contributed by atoms with Crippen LogP contribution in [0.5, 0.6) is 5.75 Å². The topological polar surface area (TPSA) is 122 Å². The van der Waals surface area contributed by atoms with E-state index in [1.54, 1.807) is 26.3 Å². The van der Waals surface area contributed by atoms with Gasteiger partial charge in [-0.3, -0.25) is 0 Å². The number of nitrogens with one attached hydrogen (secondary N) is 1. The molecule has 4 N–H and O–H groups in total. The van der Waals surface area contributed by atoms with Crippen molar-refractivity contribution in [1.82, 2.24) is 10.2 Å². The second kappa shape index (κ2) is 9.67. The lowest BCUT2D eigenvalue weighted by atomic mass is 9.90. The number of rotatable bonds is 7. The number of nitrogens with two attached hydrogens (primary N) is 1. The Kier molecular flexibility index (Phi) is 7.19. The largest absolute Gasteiger partial charge is 0.496 e. The molecule has 0 bridgehead atoms. The first-order valence-corrected chi connectivity index (χ1v) is 11.7. The molecule has 1 aliphatic carbocycles. The third kappa shape index (κ3) is 5.75. The summed E-state index contributed by atoms with van der Waals surface area (Å²) in [6.07, 6.45) is 2.64.